The van der Waals surface area contributed by atoms with Crippen molar-refractivity contribution in [2.24, 2.45) is 0 Å². The summed E-state index contributed by atoms with van der Waals surface area (Å²) in [4.78, 5) is 0. The van der Waals surface area contributed by atoms with E-state index in [1.165, 1.54) is 64.2 Å². The van der Waals surface area contributed by atoms with E-state index in [1.54, 1.807) is 0 Å². The van der Waals surface area contributed by atoms with Gasteiger partial charge in [0.2, 0.25) is 0 Å². The van der Waals surface area contributed by atoms with Gasteiger partial charge in [0.15, 0.2) is 0 Å². The van der Waals surface area contributed by atoms with E-state index < -0.39 is 17.8 Å². The third kappa shape index (κ3) is 9.90. The summed E-state index contributed by atoms with van der Waals surface area (Å²) in [6, 6.07) is 30.5. The van der Waals surface area contributed by atoms with E-state index in [4.69, 9.17) is 4.74 Å². The van der Waals surface area contributed by atoms with Crippen LogP contribution in [0.4, 0.5) is 0 Å². The summed E-state index contributed by atoms with van der Waals surface area (Å²) < 4.78 is 6.67. The van der Waals surface area contributed by atoms with Crippen LogP contribution in [0, 0.1) is 0 Å². The van der Waals surface area contributed by atoms with E-state index in [0.717, 1.165) is 29.5 Å². The van der Waals surface area contributed by atoms with Crippen LogP contribution < -0.4 is 0 Å². The van der Waals surface area contributed by atoms with Crippen molar-refractivity contribution < 1.29 is 14.9 Å². The highest BCUT2D eigenvalue weighted by Crippen LogP contribution is 2.40. The standard InChI is InChI=1S/C36H50O3/c1-2-3-4-5-6-7-8-9-10-11-12-22-29-34(37)35(38)30-39-36(31-23-16-13-17-24-31,32-25-18-14-19-26-32)33-27-20-15-21-28-33/h13-21,23-28,34-35,37-38H,2-12,22,29-30H2,1H3/t34?,35-/m0/s1. The average molecular weight is 531 g/mol. The fraction of sp³-hybridized carbons (Fsp3) is 0.500. The minimum atomic E-state index is -0.951. The summed E-state index contributed by atoms with van der Waals surface area (Å²) in [7, 11) is 0. The maximum Gasteiger partial charge on any atom is 0.143 e. The number of unbranched alkanes of at least 4 members (excludes halogenated alkanes) is 11. The molecule has 0 saturated heterocycles. The van der Waals surface area contributed by atoms with Gasteiger partial charge in [0.1, 0.15) is 11.7 Å². The SMILES string of the molecule is CCCCCCCCCCCCCCC(O)[C@@H](O)COC(c1ccccc1)(c1ccccc1)c1ccccc1. The van der Waals surface area contributed by atoms with Crippen molar-refractivity contribution >= 4 is 0 Å². The molecular weight excluding hydrogens is 480 g/mol. The summed E-state index contributed by atoms with van der Waals surface area (Å²) in [6.45, 7) is 2.31. The van der Waals surface area contributed by atoms with Crippen molar-refractivity contribution in [2.75, 3.05) is 6.61 Å². The Labute approximate surface area is 237 Å². The van der Waals surface area contributed by atoms with Crippen molar-refractivity contribution in [2.45, 2.75) is 108 Å². The van der Waals surface area contributed by atoms with Crippen molar-refractivity contribution in [3.63, 3.8) is 0 Å². The first-order valence-electron chi connectivity index (χ1n) is 15.3. The smallest absolute Gasteiger partial charge is 0.143 e. The van der Waals surface area contributed by atoms with Crippen molar-refractivity contribution in [1.29, 1.82) is 0 Å². The zero-order valence-electron chi connectivity index (χ0n) is 24.0. The Hall–Kier alpha value is -2.46. The van der Waals surface area contributed by atoms with Crippen LogP contribution in [0.2, 0.25) is 0 Å². The van der Waals surface area contributed by atoms with Crippen LogP contribution in [-0.2, 0) is 10.3 Å². The highest BCUT2D eigenvalue weighted by Gasteiger charge is 2.38. The lowest BCUT2D eigenvalue weighted by atomic mass is 9.80. The third-order valence-electron chi connectivity index (χ3n) is 7.81. The summed E-state index contributed by atoms with van der Waals surface area (Å²) in [5, 5.41) is 21.7. The summed E-state index contributed by atoms with van der Waals surface area (Å²) in [6.07, 6.45) is 14.2. The van der Waals surface area contributed by atoms with Gasteiger partial charge in [-0.05, 0) is 23.1 Å². The fourth-order valence-electron chi connectivity index (χ4n) is 5.48. The molecule has 3 aromatic carbocycles. The van der Waals surface area contributed by atoms with Gasteiger partial charge >= 0.3 is 0 Å². The van der Waals surface area contributed by atoms with E-state index in [0.29, 0.717) is 6.42 Å². The molecule has 0 aliphatic carbocycles. The number of benzene rings is 3. The maximum atomic E-state index is 10.9. The zero-order chi connectivity index (χ0) is 27.6. The quantitative estimate of drug-likeness (QED) is 0.113. The molecule has 0 aliphatic heterocycles. The molecule has 3 nitrogen and oxygen atoms in total. The first-order chi connectivity index (χ1) is 19.2. The van der Waals surface area contributed by atoms with Crippen LogP contribution in [-0.4, -0.2) is 29.0 Å². The predicted molar refractivity (Wildman–Crippen MR) is 163 cm³/mol. The normalized spacial score (nSPS) is 13.3. The molecule has 0 heterocycles. The molecular formula is C36H50O3. The average Bonchev–Trinajstić information content (AvgIpc) is 2.99. The Kier molecular flexibility index (Phi) is 14.3. The van der Waals surface area contributed by atoms with Gasteiger partial charge in [-0.3, -0.25) is 0 Å². The predicted octanol–water partition coefficient (Wildman–Crippen LogP) is 8.81. The van der Waals surface area contributed by atoms with E-state index in [-0.39, 0.29) is 6.61 Å². The second-order valence-corrected chi connectivity index (χ2v) is 10.9. The van der Waals surface area contributed by atoms with Crippen LogP contribution in [0.5, 0.6) is 0 Å². The molecule has 0 spiro atoms. The van der Waals surface area contributed by atoms with Crippen molar-refractivity contribution in [3.05, 3.63) is 108 Å². The maximum absolute atomic E-state index is 10.9. The van der Waals surface area contributed by atoms with Crippen LogP contribution in [0.3, 0.4) is 0 Å². The molecule has 0 aliphatic rings. The molecule has 0 bridgehead atoms. The summed E-state index contributed by atoms with van der Waals surface area (Å²) >= 11 is 0. The lowest BCUT2D eigenvalue weighted by Gasteiger charge is -2.37. The van der Waals surface area contributed by atoms with Crippen molar-refractivity contribution in [3.8, 4) is 0 Å². The Bertz CT molecular complexity index is 893. The van der Waals surface area contributed by atoms with E-state index in [9.17, 15) is 10.2 Å². The van der Waals surface area contributed by atoms with Gasteiger partial charge in [-0.2, -0.15) is 0 Å². The minimum Gasteiger partial charge on any atom is -0.390 e. The molecule has 1 unspecified atom stereocenters. The van der Waals surface area contributed by atoms with Crippen molar-refractivity contribution in [1.82, 2.24) is 0 Å². The first kappa shape index (κ1) is 31.1. The fourth-order valence-corrected chi connectivity index (χ4v) is 5.48. The van der Waals surface area contributed by atoms with Gasteiger partial charge in [-0.25, -0.2) is 0 Å². The van der Waals surface area contributed by atoms with Crippen LogP contribution in [0.25, 0.3) is 0 Å². The highest BCUT2D eigenvalue weighted by molar-refractivity contribution is 5.47. The zero-order valence-corrected chi connectivity index (χ0v) is 24.0. The third-order valence-corrected chi connectivity index (χ3v) is 7.81. The molecule has 0 aromatic heterocycles. The molecule has 0 amide bonds. The Balaban J connectivity index is 1.51. The minimum absolute atomic E-state index is 0.0398. The monoisotopic (exact) mass is 530 g/mol. The van der Waals surface area contributed by atoms with Gasteiger partial charge in [-0.15, -0.1) is 0 Å². The number of ether oxygens (including phenoxy) is 1. The van der Waals surface area contributed by atoms with Gasteiger partial charge in [0, 0.05) is 0 Å². The lowest BCUT2D eigenvalue weighted by Crippen LogP contribution is -2.39. The molecule has 2 N–H and O–H groups in total. The number of hydrogen-bond acceptors (Lipinski definition) is 3. The van der Waals surface area contributed by atoms with Gasteiger partial charge < -0.3 is 14.9 Å². The molecule has 0 radical (unpaired) electrons. The van der Waals surface area contributed by atoms with Crippen LogP contribution in [0.1, 0.15) is 107 Å². The van der Waals surface area contributed by atoms with Crippen LogP contribution in [0.15, 0.2) is 91.0 Å². The Morgan fingerprint density at radius 1 is 0.513 bits per heavy atom. The van der Waals surface area contributed by atoms with Gasteiger partial charge in [0.05, 0.1) is 12.7 Å². The second-order valence-electron chi connectivity index (χ2n) is 10.9. The lowest BCUT2D eigenvalue weighted by molar-refractivity contribution is -0.0802. The molecule has 212 valence electrons. The summed E-state index contributed by atoms with van der Waals surface area (Å²) in [5.41, 5.74) is 2.08. The van der Waals surface area contributed by atoms with E-state index in [1.807, 2.05) is 54.6 Å². The number of hydrogen-bond donors (Lipinski definition) is 2. The topological polar surface area (TPSA) is 49.7 Å². The number of aliphatic hydroxyl groups excluding tert-OH is 2. The van der Waals surface area contributed by atoms with E-state index >= 15 is 0 Å². The van der Waals surface area contributed by atoms with Gasteiger partial charge in [-0.1, -0.05) is 175 Å². The molecule has 0 saturated carbocycles. The molecule has 39 heavy (non-hydrogen) atoms. The van der Waals surface area contributed by atoms with E-state index in [2.05, 4.69) is 43.3 Å². The first-order valence-corrected chi connectivity index (χ1v) is 15.3. The molecule has 2 atom stereocenters. The Morgan fingerprint density at radius 2 is 0.872 bits per heavy atom. The molecule has 3 rings (SSSR count). The van der Waals surface area contributed by atoms with Crippen LogP contribution >= 0.6 is 0 Å². The molecule has 0 fully saturated rings. The molecule has 3 aromatic rings. The second kappa shape index (κ2) is 18.0. The Morgan fingerprint density at radius 3 is 1.26 bits per heavy atom. The largest absolute Gasteiger partial charge is 0.390 e. The van der Waals surface area contributed by atoms with Gasteiger partial charge in [0.25, 0.3) is 0 Å². The summed E-state index contributed by atoms with van der Waals surface area (Å²) in [5.74, 6) is 0. The highest BCUT2D eigenvalue weighted by atomic mass is 16.5. The number of rotatable bonds is 20. The molecule has 3 heteroatoms. The number of aliphatic hydroxyl groups is 2.